The van der Waals surface area contributed by atoms with E-state index in [0.29, 0.717) is 0 Å². The fraction of sp³-hybridized carbons (Fsp3) is 0.474. The highest BCUT2D eigenvalue weighted by Gasteiger charge is 2.18. The maximum atomic E-state index is 4.90. The highest BCUT2D eigenvalue weighted by atomic mass is 14.8. The standard InChI is InChI=1S/C19H26N2/c1-6-10-14(4)20-19-15(5)16-11-8-9-12-17(16)21-18(19)13(3)7-2/h8,11H,3,6-7,9-10,12H2,1-2,4-5H3. The van der Waals surface area contributed by atoms with Gasteiger partial charge in [-0.1, -0.05) is 39.0 Å². The lowest BCUT2D eigenvalue weighted by molar-refractivity contribution is 0.912. The summed E-state index contributed by atoms with van der Waals surface area (Å²) in [6.07, 6.45) is 9.60. The Morgan fingerprint density at radius 1 is 1.38 bits per heavy atom. The first-order chi connectivity index (χ1) is 10.1. The van der Waals surface area contributed by atoms with E-state index in [1.807, 2.05) is 0 Å². The van der Waals surface area contributed by atoms with Crippen molar-refractivity contribution in [3.63, 3.8) is 0 Å². The Morgan fingerprint density at radius 2 is 2.14 bits per heavy atom. The highest BCUT2D eigenvalue weighted by Crippen LogP contribution is 2.35. The molecule has 1 aromatic rings. The third-order valence-corrected chi connectivity index (χ3v) is 4.05. The predicted octanol–water partition coefficient (Wildman–Crippen LogP) is 5.67. The monoisotopic (exact) mass is 282 g/mol. The second kappa shape index (κ2) is 6.84. The molecule has 0 amide bonds. The van der Waals surface area contributed by atoms with Crippen molar-refractivity contribution in [3.05, 3.63) is 35.2 Å². The zero-order valence-corrected chi connectivity index (χ0v) is 13.8. The molecule has 0 radical (unpaired) electrons. The van der Waals surface area contributed by atoms with E-state index in [2.05, 4.69) is 46.4 Å². The molecular formula is C19H26N2. The Hall–Kier alpha value is -1.70. The maximum Gasteiger partial charge on any atom is 0.0923 e. The minimum atomic E-state index is 0.913. The first-order valence-corrected chi connectivity index (χ1v) is 8.00. The van der Waals surface area contributed by atoms with Crippen LogP contribution in [-0.2, 0) is 6.42 Å². The van der Waals surface area contributed by atoms with Crippen molar-refractivity contribution in [1.82, 2.24) is 4.98 Å². The van der Waals surface area contributed by atoms with E-state index < -0.39 is 0 Å². The summed E-state index contributed by atoms with van der Waals surface area (Å²) < 4.78 is 0. The summed E-state index contributed by atoms with van der Waals surface area (Å²) in [4.78, 5) is 9.78. The molecule has 0 atom stereocenters. The van der Waals surface area contributed by atoms with Crippen LogP contribution in [-0.4, -0.2) is 10.7 Å². The van der Waals surface area contributed by atoms with Gasteiger partial charge in [0.25, 0.3) is 0 Å². The molecule has 0 unspecified atom stereocenters. The second-order valence-electron chi connectivity index (χ2n) is 5.79. The molecule has 21 heavy (non-hydrogen) atoms. The Bertz CT molecular complexity index is 606. The number of rotatable bonds is 5. The fourth-order valence-corrected chi connectivity index (χ4v) is 2.76. The van der Waals surface area contributed by atoms with Crippen LogP contribution in [0.3, 0.4) is 0 Å². The van der Waals surface area contributed by atoms with E-state index >= 15 is 0 Å². The van der Waals surface area contributed by atoms with Gasteiger partial charge in [-0.05, 0) is 50.7 Å². The van der Waals surface area contributed by atoms with Crippen molar-refractivity contribution < 1.29 is 0 Å². The number of aliphatic imine (C=N–C) groups is 1. The first-order valence-electron chi connectivity index (χ1n) is 8.00. The van der Waals surface area contributed by atoms with Crippen LogP contribution in [0.25, 0.3) is 11.6 Å². The summed E-state index contributed by atoms with van der Waals surface area (Å²) >= 11 is 0. The van der Waals surface area contributed by atoms with Gasteiger partial charge in [0.05, 0.1) is 11.4 Å². The van der Waals surface area contributed by atoms with E-state index in [9.17, 15) is 0 Å². The van der Waals surface area contributed by atoms with Gasteiger partial charge in [-0.15, -0.1) is 0 Å². The molecule has 2 heteroatoms. The number of pyridine rings is 1. The molecule has 0 aliphatic heterocycles. The first kappa shape index (κ1) is 15.7. The molecule has 1 aromatic heterocycles. The van der Waals surface area contributed by atoms with Crippen LogP contribution in [0.15, 0.2) is 17.6 Å². The summed E-state index contributed by atoms with van der Waals surface area (Å²) in [5, 5.41) is 0. The number of aryl methyl sites for hydroxylation is 1. The summed E-state index contributed by atoms with van der Waals surface area (Å²) in [6.45, 7) is 12.8. The van der Waals surface area contributed by atoms with Crippen LogP contribution in [0.2, 0.25) is 0 Å². The van der Waals surface area contributed by atoms with Gasteiger partial charge >= 0.3 is 0 Å². The van der Waals surface area contributed by atoms with Gasteiger partial charge in [0.15, 0.2) is 0 Å². The Kier molecular flexibility index (Phi) is 5.11. The van der Waals surface area contributed by atoms with Gasteiger partial charge in [-0.2, -0.15) is 0 Å². The van der Waals surface area contributed by atoms with Gasteiger partial charge in [0.1, 0.15) is 0 Å². The Labute approximate surface area is 128 Å². The lowest BCUT2D eigenvalue weighted by Crippen LogP contribution is -2.05. The van der Waals surface area contributed by atoms with E-state index in [-0.39, 0.29) is 0 Å². The number of hydrogen-bond donors (Lipinski definition) is 0. The van der Waals surface area contributed by atoms with Gasteiger partial charge in [0.2, 0.25) is 0 Å². The van der Waals surface area contributed by atoms with Crippen molar-refractivity contribution in [1.29, 1.82) is 0 Å². The average molecular weight is 282 g/mol. The molecule has 0 bridgehead atoms. The van der Waals surface area contributed by atoms with Crippen molar-refractivity contribution in [2.75, 3.05) is 0 Å². The van der Waals surface area contributed by atoms with E-state index in [1.54, 1.807) is 0 Å². The molecule has 0 spiro atoms. The summed E-state index contributed by atoms with van der Waals surface area (Å²) in [5.74, 6) is 0. The van der Waals surface area contributed by atoms with Crippen molar-refractivity contribution >= 4 is 23.0 Å². The molecule has 1 heterocycles. The lowest BCUT2D eigenvalue weighted by atomic mass is 9.94. The molecular weight excluding hydrogens is 256 g/mol. The van der Waals surface area contributed by atoms with Gasteiger partial charge in [-0.25, -0.2) is 0 Å². The highest BCUT2D eigenvalue weighted by molar-refractivity contribution is 5.88. The van der Waals surface area contributed by atoms with Crippen molar-refractivity contribution in [3.8, 4) is 0 Å². The van der Waals surface area contributed by atoms with Crippen LogP contribution in [0.1, 0.15) is 69.0 Å². The van der Waals surface area contributed by atoms with Gasteiger partial charge in [0, 0.05) is 17.0 Å². The summed E-state index contributed by atoms with van der Waals surface area (Å²) in [5.41, 5.74) is 7.99. The maximum absolute atomic E-state index is 4.90. The van der Waals surface area contributed by atoms with E-state index in [4.69, 9.17) is 9.98 Å². The van der Waals surface area contributed by atoms with Crippen LogP contribution in [0.5, 0.6) is 0 Å². The topological polar surface area (TPSA) is 25.2 Å². The average Bonchev–Trinajstić information content (AvgIpc) is 2.49. The minimum Gasteiger partial charge on any atom is -0.256 e. The zero-order chi connectivity index (χ0) is 15.4. The minimum absolute atomic E-state index is 0.913. The Balaban J connectivity index is 2.63. The number of aromatic nitrogens is 1. The molecule has 0 aromatic carbocycles. The number of allylic oxidation sites excluding steroid dienone is 2. The third kappa shape index (κ3) is 3.31. The van der Waals surface area contributed by atoms with Crippen molar-refractivity contribution in [2.45, 2.75) is 59.8 Å². The molecule has 112 valence electrons. The number of fused-ring (bicyclic) bond motifs is 1. The molecule has 0 N–H and O–H groups in total. The molecule has 1 aliphatic carbocycles. The molecule has 0 saturated carbocycles. The molecule has 0 fully saturated rings. The molecule has 1 aliphatic rings. The molecule has 2 nitrogen and oxygen atoms in total. The van der Waals surface area contributed by atoms with E-state index in [0.717, 1.165) is 49.1 Å². The van der Waals surface area contributed by atoms with Crippen molar-refractivity contribution in [2.24, 2.45) is 4.99 Å². The molecule has 0 saturated heterocycles. The van der Waals surface area contributed by atoms with Gasteiger partial charge < -0.3 is 0 Å². The van der Waals surface area contributed by atoms with Crippen LogP contribution in [0.4, 0.5) is 5.69 Å². The second-order valence-corrected chi connectivity index (χ2v) is 5.79. The van der Waals surface area contributed by atoms with Crippen LogP contribution < -0.4 is 0 Å². The van der Waals surface area contributed by atoms with Gasteiger partial charge in [-0.3, -0.25) is 9.98 Å². The molecule has 2 rings (SSSR count). The lowest BCUT2D eigenvalue weighted by Gasteiger charge is -2.18. The predicted molar refractivity (Wildman–Crippen MR) is 93.3 cm³/mol. The quantitative estimate of drug-likeness (QED) is 0.639. The van der Waals surface area contributed by atoms with E-state index in [1.165, 1.54) is 22.5 Å². The Morgan fingerprint density at radius 3 is 2.81 bits per heavy atom. The van der Waals surface area contributed by atoms with Crippen LogP contribution >= 0.6 is 0 Å². The zero-order valence-electron chi connectivity index (χ0n) is 13.8. The normalized spacial score (nSPS) is 14.2. The third-order valence-electron chi connectivity index (χ3n) is 4.05. The largest absolute Gasteiger partial charge is 0.256 e. The summed E-state index contributed by atoms with van der Waals surface area (Å²) in [6, 6.07) is 0. The summed E-state index contributed by atoms with van der Waals surface area (Å²) in [7, 11) is 0. The SMILES string of the molecule is C=C(CC)c1nc2c(c(C)c1N=C(C)CCC)C=CCC2. The van der Waals surface area contributed by atoms with Crippen LogP contribution in [0, 0.1) is 6.92 Å². The smallest absolute Gasteiger partial charge is 0.0923 e. The number of nitrogens with zero attached hydrogens (tertiary/aromatic N) is 2. The fourth-order valence-electron chi connectivity index (χ4n) is 2.76. The number of hydrogen-bond acceptors (Lipinski definition) is 2.